The van der Waals surface area contributed by atoms with Gasteiger partial charge < -0.3 is 16.0 Å². The lowest BCUT2D eigenvalue weighted by Gasteiger charge is -2.18. The number of guanidine groups is 1. The van der Waals surface area contributed by atoms with Gasteiger partial charge >= 0.3 is 0 Å². The first kappa shape index (κ1) is 14.4. The average molecular weight is 248 g/mol. The van der Waals surface area contributed by atoms with Crippen molar-refractivity contribution in [3.05, 3.63) is 30.3 Å². The third-order valence-electron chi connectivity index (χ3n) is 2.92. The fourth-order valence-corrected chi connectivity index (χ4v) is 1.53. The van der Waals surface area contributed by atoms with E-state index < -0.39 is 0 Å². The van der Waals surface area contributed by atoms with Crippen molar-refractivity contribution in [2.75, 3.05) is 25.0 Å². The van der Waals surface area contributed by atoms with Gasteiger partial charge in [-0.2, -0.15) is 0 Å². The lowest BCUT2D eigenvalue weighted by Crippen LogP contribution is -2.38. The molecule has 0 spiro atoms. The number of rotatable bonds is 6. The number of aliphatic imine (C=N–C) groups is 1. The Kier molecular flexibility index (Phi) is 6.05. The summed E-state index contributed by atoms with van der Waals surface area (Å²) in [6, 6.07) is 10.6. The minimum absolute atomic E-state index is 0.376. The molecule has 0 aliphatic rings. The summed E-state index contributed by atoms with van der Waals surface area (Å²) in [4.78, 5) is 6.49. The van der Waals surface area contributed by atoms with Crippen LogP contribution in [0.25, 0.3) is 0 Å². The maximum atomic E-state index is 5.80. The molecule has 0 saturated heterocycles. The van der Waals surface area contributed by atoms with E-state index in [9.17, 15) is 0 Å². The van der Waals surface area contributed by atoms with Crippen LogP contribution in [0.5, 0.6) is 0 Å². The van der Waals surface area contributed by atoms with Crippen LogP contribution in [0.2, 0.25) is 0 Å². The molecule has 0 saturated carbocycles. The lowest BCUT2D eigenvalue weighted by molar-refractivity contribution is 0.636. The number of hydrogen-bond donors (Lipinski definition) is 2. The molecule has 3 N–H and O–H groups in total. The number of nitrogens with one attached hydrogen (secondary N) is 1. The van der Waals surface area contributed by atoms with Crippen molar-refractivity contribution in [3.63, 3.8) is 0 Å². The van der Waals surface area contributed by atoms with E-state index in [0.29, 0.717) is 18.5 Å². The van der Waals surface area contributed by atoms with Gasteiger partial charge in [0.25, 0.3) is 0 Å². The molecule has 4 nitrogen and oxygen atoms in total. The van der Waals surface area contributed by atoms with Gasteiger partial charge in [-0.05, 0) is 25.5 Å². The summed E-state index contributed by atoms with van der Waals surface area (Å²) in [6.45, 7) is 5.76. The average Bonchev–Trinajstić information content (AvgIpc) is 2.39. The molecule has 0 aliphatic heterocycles. The van der Waals surface area contributed by atoms with Crippen molar-refractivity contribution < 1.29 is 0 Å². The highest BCUT2D eigenvalue weighted by Crippen LogP contribution is 2.09. The van der Waals surface area contributed by atoms with Crippen LogP contribution in [-0.4, -0.2) is 32.1 Å². The Morgan fingerprint density at radius 3 is 2.67 bits per heavy atom. The van der Waals surface area contributed by atoms with Crippen LogP contribution >= 0.6 is 0 Å². The first-order valence-corrected chi connectivity index (χ1v) is 6.46. The second-order valence-electron chi connectivity index (χ2n) is 4.48. The lowest BCUT2D eigenvalue weighted by atomic mass is 10.3. The zero-order valence-corrected chi connectivity index (χ0v) is 11.6. The zero-order chi connectivity index (χ0) is 13.4. The summed E-state index contributed by atoms with van der Waals surface area (Å²) < 4.78 is 0. The summed E-state index contributed by atoms with van der Waals surface area (Å²) in [6.07, 6.45) is 1.04. The maximum Gasteiger partial charge on any atom is 0.188 e. The molecule has 0 heterocycles. The Labute approximate surface area is 110 Å². The summed E-state index contributed by atoms with van der Waals surface area (Å²) >= 11 is 0. The summed E-state index contributed by atoms with van der Waals surface area (Å²) in [5.74, 6) is 0.533. The molecular weight excluding hydrogens is 224 g/mol. The van der Waals surface area contributed by atoms with Crippen molar-refractivity contribution >= 4 is 11.6 Å². The highest BCUT2D eigenvalue weighted by molar-refractivity contribution is 5.78. The van der Waals surface area contributed by atoms with E-state index in [-0.39, 0.29) is 0 Å². The molecule has 1 atom stereocenters. The van der Waals surface area contributed by atoms with E-state index in [1.165, 1.54) is 5.69 Å². The van der Waals surface area contributed by atoms with Gasteiger partial charge in [-0.15, -0.1) is 0 Å². The van der Waals surface area contributed by atoms with E-state index in [1.807, 2.05) is 18.2 Å². The number of para-hydroxylation sites is 1. The van der Waals surface area contributed by atoms with Crippen LogP contribution < -0.4 is 16.0 Å². The normalized spacial score (nSPS) is 13.2. The monoisotopic (exact) mass is 248 g/mol. The van der Waals surface area contributed by atoms with E-state index in [2.05, 4.69) is 48.2 Å². The van der Waals surface area contributed by atoms with Gasteiger partial charge in [-0.1, -0.05) is 25.1 Å². The van der Waals surface area contributed by atoms with E-state index in [1.54, 1.807) is 0 Å². The topological polar surface area (TPSA) is 53.6 Å². The Hall–Kier alpha value is -1.71. The van der Waals surface area contributed by atoms with Crippen molar-refractivity contribution in [1.29, 1.82) is 0 Å². The summed E-state index contributed by atoms with van der Waals surface area (Å²) in [7, 11) is 2.06. The molecule has 18 heavy (non-hydrogen) atoms. The molecule has 4 heteroatoms. The van der Waals surface area contributed by atoms with Crippen LogP contribution in [-0.2, 0) is 0 Å². The molecule has 0 bridgehead atoms. The molecule has 1 aromatic rings. The predicted molar refractivity (Wildman–Crippen MR) is 79.1 cm³/mol. The highest BCUT2D eigenvalue weighted by atomic mass is 15.1. The zero-order valence-electron chi connectivity index (χ0n) is 11.6. The minimum Gasteiger partial charge on any atom is -0.373 e. The van der Waals surface area contributed by atoms with E-state index in [0.717, 1.165) is 13.0 Å². The first-order chi connectivity index (χ1) is 8.63. The molecule has 100 valence electrons. The number of nitrogens with zero attached hydrogens (tertiary/aromatic N) is 2. The van der Waals surface area contributed by atoms with Gasteiger partial charge in [0.2, 0.25) is 0 Å². The van der Waals surface area contributed by atoms with Crippen molar-refractivity contribution in [2.24, 2.45) is 10.7 Å². The molecule has 0 aromatic heterocycles. The molecule has 0 fully saturated rings. The third kappa shape index (κ3) is 5.08. The van der Waals surface area contributed by atoms with Crippen LogP contribution in [0.15, 0.2) is 35.3 Å². The van der Waals surface area contributed by atoms with Crippen LogP contribution in [0.1, 0.15) is 20.3 Å². The van der Waals surface area contributed by atoms with Gasteiger partial charge in [0.15, 0.2) is 5.96 Å². The van der Waals surface area contributed by atoms with Gasteiger partial charge in [0, 0.05) is 25.3 Å². The Bertz CT molecular complexity index is 361. The van der Waals surface area contributed by atoms with Crippen molar-refractivity contribution in [1.82, 2.24) is 5.32 Å². The SMILES string of the molecule is CCC(C)NC(N)=NCCN(C)c1ccccc1. The molecular formula is C14H24N4. The molecule has 0 amide bonds. The Balaban J connectivity index is 2.35. The summed E-state index contributed by atoms with van der Waals surface area (Å²) in [5, 5.41) is 3.15. The van der Waals surface area contributed by atoms with Crippen molar-refractivity contribution in [2.45, 2.75) is 26.3 Å². The van der Waals surface area contributed by atoms with Gasteiger partial charge in [0.1, 0.15) is 0 Å². The second-order valence-corrected chi connectivity index (χ2v) is 4.48. The molecule has 1 aromatic carbocycles. The minimum atomic E-state index is 0.376. The quantitative estimate of drug-likeness (QED) is 0.596. The first-order valence-electron chi connectivity index (χ1n) is 6.46. The van der Waals surface area contributed by atoms with Crippen molar-refractivity contribution in [3.8, 4) is 0 Å². The smallest absolute Gasteiger partial charge is 0.188 e. The third-order valence-corrected chi connectivity index (χ3v) is 2.92. The van der Waals surface area contributed by atoms with Gasteiger partial charge in [-0.25, -0.2) is 0 Å². The van der Waals surface area contributed by atoms with E-state index in [4.69, 9.17) is 5.73 Å². The predicted octanol–water partition coefficient (Wildman–Crippen LogP) is 1.83. The Morgan fingerprint density at radius 1 is 1.39 bits per heavy atom. The molecule has 0 radical (unpaired) electrons. The standard InChI is InChI=1S/C14H24N4/c1-4-12(2)17-14(15)16-10-11-18(3)13-8-6-5-7-9-13/h5-9,12H,4,10-11H2,1-3H3,(H3,15,16,17). The number of nitrogens with two attached hydrogens (primary N) is 1. The van der Waals surface area contributed by atoms with Gasteiger partial charge in [-0.3, -0.25) is 4.99 Å². The second kappa shape index (κ2) is 7.58. The largest absolute Gasteiger partial charge is 0.373 e. The van der Waals surface area contributed by atoms with E-state index >= 15 is 0 Å². The molecule has 0 aliphatic carbocycles. The highest BCUT2D eigenvalue weighted by Gasteiger charge is 2.00. The van der Waals surface area contributed by atoms with Crippen LogP contribution in [0, 0.1) is 0 Å². The molecule has 1 unspecified atom stereocenters. The fourth-order valence-electron chi connectivity index (χ4n) is 1.53. The molecule has 1 rings (SSSR count). The number of anilines is 1. The summed E-state index contributed by atoms with van der Waals surface area (Å²) in [5.41, 5.74) is 6.99. The number of benzene rings is 1. The number of hydrogen-bond acceptors (Lipinski definition) is 2. The Morgan fingerprint density at radius 2 is 2.06 bits per heavy atom. The van der Waals surface area contributed by atoms with Crippen LogP contribution in [0.4, 0.5) is 5.69 Å². The fraction of sp³-hybridized carbons (Fsp3) is 0.500. The number of likely N-dealkylation sites (N-methyl/N-ethyl adjacent to an activating group) is 1. The maximum absolute atomic E-state index is 5.80. The van der Waals surface area contributed by atoms with Gasteiger partial charge in [0.05, 0.1) is 6.54 Å². The van der Waals surface area contributed by atoms with Crippen LogP contribution in [0.3, 0.4) is 0 Å².